The second-order valence-corrected chi connectivity index (χ2v) is 4.28. The van der Waals surface area contributed by atoms with Gasteiger partial charge in [0.25, 0.3) is 0 Å². The van der Waals surface area contributed by atoms with E-state index in [-0.39, 0.29) is 11.8 Å². The van der Waals surface area contributed by atoms with E-state index >= 15 is 0 Å². The first kappa shape index (κ1) is 12.7. The molecule has 5 heteroatoms. The van der Waals surface area contributed by atoms with Gasteiger partial charge in [0.05, 0.1) is 18.9 Å². The quantitative estimate of drug-likeness (QED) is 0.898. The van der Waals surface area contributed by atoms with Crippen molar-refractivity contribution in [2.24, 2.45) is 0 Å². The Kier molecular flexibility index (Phi) is 4.02. The molecule has 0 bridgehead atoms. The first-order chi connectivity index (χ1) is 8.69. The number of nitrogens with one attached hydrogen (secondary N) is 1. The lowest BCUT2D eigenvalue weighted by Gasteiger charge is -2.14. The van der Waals surface area contributed by atoms with Gasteiger partial charge in [-0.3, -0.25) is 5.32 Å². The van der Waals surface area contributed by atoms with Crippen LogP contribution in [0.4, 0.5) is 14.9 Å². The number of carbonyl (C=O) groups excluding carboxylic acids is 1. The topological polar surface area (TPSA) is 47.6 Å². The number of rotatable bonds is 3. The van der Waals surface area contributed by atoms with Gasteiger partial charge in [-0.1, -0.05) is 0 Å². The van der Waals surface area contributed by atoms with E-state index in [2.05, 4.69) is 10.1 Å². The Morgan fingerprint density at radius 2 is 2.11 bits per heavy atom. The Balaban J connectivity index is 2.07. The first-order valence-electron chi connectivity index (χ1n) is 6.00. The third kappa shape index (κ3) is 3.12. The highest BCUT2D eigenvalue weighted by Crippen LogP contribution is 2.27. The van der Waals surface area contributed by atoms with Gasteiger partial charge in [-0.25, -0.2) is 9.18 Å². The van der Waals surface area contributed by atoms with Gasteiger partial charge in [0.2, 0.25) is 0 Å². The number of carbonyl (C=O) groups is 1. The van der Waals surface area contributed by atoms with Crippen molar-refractivity contribution < 1.29 is 18.7 Å². The summed E-state index contributed by atoms with van der Waals surface area (Å²) in [4.78, 5) is 11.0. The molecule has 0 heterocycles. The third-order valence-electron chi connectivity index (χ3n) is 2.96. The van der Waals surface area contributed by atoms with E-state index < -0.39 is 11.9 Å². The van der Waals surface area contributed by atoms with Crippen LogP contribution in [0.3, 0.4) is 0 Å². The Bertz CT molecular complexity index is 430. The number of anilines is 1. The lowest BCUT2D eigenvalue weighted by Crippen LogP contribution is -2.14. The largest absolute Gasteiger partial charge is 0.490 e. The molecule has 1 aromatic carbocycles. The molecule has 18 heavy (non-hydrogen) atoms. The van der Waals surface area contributed by atoms with E-state index in [1.165, 1.54) is 32.1 Å². The maximum atomic E-state index is 13.5. The van der Waals surface area contributed by atoms with Gasteiger partial charge in [0, 0.05) is 6.07 Å². The van der Waals surface area contributed by atoms with Crippen molar-refractivity contribution in [1.29, 1.82) is 0 Å². The van der Waals surface area contributed by atoms with E-state index in [1.54, 1.807) is 6.07 Å². The van der Waals surface area contributed by atoms with Crippen molar-refractivity contribution >= 4 is 11.8 Å². The average Bonchev–Trinajstić information content (AvgIpc) is 2.86. The Morgan fingerprint density at radius 1 is 1.39 bits per heavy atom. The summed E-state index contributed by atoms with van der Waals surface area (Å²) in [6, 6.07) is 4.32. The van der Waals surface area contributed by atoms with Crippen molar-refractivity contribution in [2.45, 2.75) is 31.8 Å². The summed E-state index contributed by atoms with van der Waals surface area (Å²) in [6.45, 7) is 0. The van der Waals surface area contributed by atoms with Crippen LogP contribution in [-0.2, 0) is 4.74 Å². The second-order valence-electron chi connectivity index (χ2n) is 4.28. The maximum Gasteiger partial charge on any atom is 0.411 e. The lowest BCUT2D eigenvalue weighted by molar-refractivity contribution is 0.186. The summed E-state index contributed by atoms with van der Waals surface area (Å²) >= 11 is 0. The molecule has 2 rings (SSSR count). The molecule has 1 aromatic rings. The summed E-state index contributed by atoms with van der Waals surface area (Å²) in [6.07, 6.45) is 3.88. The highest BCUT2D eigenvalue weighted by molar-refractivity contribution is 5.84. The van der Waals surface area contributed by atoms with Gasteiger partial charge in [-0.2, -0.15) is 0 Å². The molecule has 1 aliphatic rings. The van der Waals surface area contributed by atoms with E-state index in [9.17, 15) is 9.18 Å². The van der Waals surface area contributed by atoms with Crippen LogP contribution < -0.4 is 10.1 Å². The highest BCUT2D eigenvalue weighted by atomic mass is 19.1. The van der Waals surface area contributed by atoms with Crippen molar-refractivity contribution in [2.75, 3.05) is 12.4 Å². The van der Waals surface area contributed by atoms with Gasteiger partial charge in [-0.05, 0) is 37.8 Å². The van der Waals surface area contributed by atoms with Crippen molar-refractivity contribution in [3.8, 4) is 5.75 Å². The molecule has 98 valence electrons. The molecular formula is C13H16FNO3. The van der Waals surface area contributed by atoms with Crippen molar-refractivity contribution in [3.05, 3.63) is 24.0 Å². The zero-order valence-electron chi connectivity index (χ0n) is 10.2. The monoisotopic (exact) mass is 253 g/mol. The van der Waals surface area contributed by atoms with Crippen LogP contribution in [0, 0.1) is 5.82 Å². The molecule has 0 radical (unpaired) electrons. The van der Waals surface area contributed by atoms with E-state index in [0.717, 1.165) is 12.8 Å². The van der Waals surface area contributed by atoms with Crippen molar-refractivity contribution in [3.63, 3.8) is 0 Å². The average molecular weight is 253 g/mol. The van der Waals surface area contributed by atoms with E-state index in [4.69, 9.17) is 4.74 Å². The predicted octanol–water partition coefficient (Wildman–Crippen LogP) is 3.33. The molecule has 1 saturated carbocycles. The minimum atomic E-state index is -0.702. The van der Waals surface area contributed by atoms with Crippen LogP contribution in [0.15, 0.2) is 18.2 Å². The van der Waals surface area contributed by atoms with Gasteiger partial charge in [0.1, 0.15) is 11.6 Å². The minimum absolute atomic E-state index is 0.0670. The Morgan fingerprint density at radius 3 is 2.78 bits per heavy atom. The first-order valence-corrected chi connectivity index (χ1v) is 6.00. The Hall–Kier alpha value is -1.78. The van der Waals surface area contributed by atoms with Crippen LogP contribution in [0.25, 0.3) is 0 Å². The van der Waals surface area contributed by atoms with Crippen LogP contribution in [0.1, 0.15) is 25.7 Å². The number of ether oxygens (including phenoxy) is 2. The molecule has 0 aromatic heterocycles. The molecule has 0 saturated heterocycles. The van der Waals surface area contributed by atoms with Gasteiger partial charge in [0.15, 0.2) is 0 Å². The summed E-state index contributed by atoms with van der Waals surface area (Å²) in [5, 5.41) is 2.31. The summed E-state index contributed by atoms with van der Waals surface area (Å²) in [5.74, 6) is 0.0499. The van der Waals surface area contributed by atoms with Crippen LogP contribution in [0.5, 0.6) is 5.75 Å². The van der Waals surface area contributed by atoms with Crippen LogP contribution in [0.2, 0.25) is 0 Å². The molecule has 4 nitrogen and oxygen atoms in total. The van der Waals surface area contributed by atoms with E-state index in [1.807, 2.05) is 0 Å². The summed E-state index contributed by atoms with van der Waals surface area (Å²) in [5.41, 5.74) is 0.0670. The van der Waals surface area contributed by atoms with Gasteiger partial charge < -0.3 is 9.47 Å². The zero-order chi connectivity index (χ0) is 13.0. The molecule has 0 aliphatic heterocycles. The molecule has 1 N–H and O–H groups in total. The van der Waals surface area contributed by atoms with Crippen LogP contribution >= 0.6 is 0 Å². The number of benzene rings is 1. The fourth-order valence-electron chi connectivity index (χ4n) is 2.03. The maximum absolute atomic E-state index is 13.5. The molecule has 0 spiro atoms. The number of hydrogen-bond acceptors (Lipinski definition) is 3. The number of amides is 1. The zero-order valence-corrected chi connectivity index (χ0v) is 10.2. The van der Waals surface area contributed by atoms with Gasteiger partial charge >= 0.3 is 6.09 Å². The SMILES string of the molecule is COC(=O)Nc1cc(OC2CCCC2)ccc1F. The summed E-state index contributed by atoms with van der Waals surface area (Å²) in [7, 11) is 1.23. The number of methoxy groups -OCH3 is 1. The fraction of sp³-hybridized carbons (Fsp3) is 0.462. The van der Waals surface area contributed by atoms with Crippen LogP contribution in [-0.4, -0.2) is 19.3 Å². The normalized spacial score (nSPS) is 15.4. The third-order valence-corrected chi connectivity index (χ3v) is 2.96. The molecule has 1 aliphatic carbocycles. The standard InChI is InChI=1S/C13H16FNO3/c1-17-13(16)15-12-8-10(6-7-11(12)14)18-9-4-2-3-5-9/h6-9H,2-5H2,1H3,(H,15,16). The molecule has 1 amide bonds. The lowest BCUT2D eigenvalue weighted by atomic mass is 10.2. The smallest absolute Gasteiger partial charge is 0.411 e. The van der Waals surface area contributed by atoms with Gasteiger partial charge in [-0.15, -0.1) is 0 Å². The molecule has 0 atom stereocenters. The molecular weight excluding hydrogens is 237 g/mol. The minimum Gasteiger partial charge on any atom is -0.490 e. The number of hydrogen-bond donors (Lipinski definition) is 1. The number of halogens is 1. The highest BCUT2D eigenvalue weighted by Gasteiger charge is 2.17. The summed E-state index contributed by atoms with van der Waals surface area (Å²) < 4.78 is 23.6. The second kappa shape index (κ2) is 5.71. The Labute approximate surface area is 105 Å². The molecule has 1 fully saturated rings. The fourth-order valence-corrected chi connectivity index (χ4v) is 2.03. The van der Waals surface area contributed by atoms with Crippen molar-refractivity contribution in [1.82, 2.24) is 0 Å². The van der Waals surface area contributed by atoms with E-state index in [0.29, 0.717) is 5.75 Å². The predicted molar refractivity (Wildman–Crippen MR) is 65.3 cm³/mol. The molecule has 0 unspecified atom stereocenters.